The number of amides is 1. The molecule has 0 saturated carbocycles. The smallest absolute Gasteiger partial charge is 0.260 e. The first kappa shape index (κ1) is 15.6. The molecule has 1 unspecified atom stereocenters. The summed E-state index contributed by atoms with van der Waals surface area (Å²) in [5.41, 5.74) is 0. The molecule has 0 aliphatic rings. The molecule has 0 fully saturated rings. The number of carbonyl (C=O) groups excluding carboxylic acids is 1. The van der Waals surface area contributed by atoms with Gasteiger partial charge in [-0.05, 0) is 37.6 Å². The first-order valence-corrected chi connectivity index (χ1v) is 7.62. The molecule has 0 saturated heterocycles. The monoisotopic (exact) mass is 351 g/mol. The van der Waals surface area contributed by atoms with Crippen molar-refractivity contribution < 1.29 is 9.53 Å². The van der Waals surface area contributed by atoms with Crippen molar-refractivity contribution in [3.8, 4) is 5.75 Å². The molecule has 21 heavy (non-hydrogen) atoms. The van der Waals surface area contributed by atoms with Crippen LogP contribution in [0.15, 0.2) is 41.1 Å². The number of aryl methyl sites for hydroxylation is 1. The Hall–Kier alpha value is -1.82. The van der Waals surface area contributed by atoms with Crippen molar-refractivity contribution in [1.82, 2.24) is 15.3 Å². The van der Waals surface area contributed by atoms with Crippen molar-refractivity contribution in [2.45, 2.75) is 25.9 Å². The number of imidazole rings is 1. The summed E-state index contributed by atoms with van der Waals surface area (Å²) in [5, 5.41) is 2.86. The van der Waals surface area contributed by atoms with Crippen LogP contribution in [0.4, 0.5) is 0 Å². The topological polar surface area (TPSA) is 67.0 Å². The highest BCUT2D eigenvalue weighted by Crippen LogP contribution is 2.17. The predicted molar refractivity (Wildman–Crippen MR) is 84.2 cm³/mol. The average Bonchev–Trinajstić information content (AvgIpc) is 2.99. The Balaban J connectivity index is 1.68. The molecule has 1 amide bonds. The lowest BCUT2D eigenvalue weighted by Gasteiger charge is -2.14. The molecule has 1 aromatic carbocycles. The van der Waals surface area contributed by atoms with Crippen LogP contribution >= 0.6 is 15.9 Å². The fraction of sp³-hybridized carbons (Fsp3) is 0.333. The number of halogens is 1. The highest BCUT2D eigenvalue weighted by atomic mass is 79.9. The summed E-state index contributed by atoms with van der Waals surface area (Å²) < 4.78 is 6.56. The minimum absolute atomic E-state index is 0.114. The number of nitrogens with one attached hydrogen (secondary N) is 2. The second kappa shape index (κ2) is 7.83. The number of hydrogen-bond acceptors (Lipinski definition) is 3. The summed E-state index contributed by atoms with van der Waals surface area (Å²) in [6.45, 7) is 2.34. The number of aromatic nitrogens is 2. The van der Waals surface area contributed by atoms with E-state index in [1.807, 2.05) is 24.3 Å². The van der Waals surface area contributed by atoms with Crippen LogP contribution < -0.4 is 10.1 Å². The third kappa shape index (κ3) is 5.23. The molecule has 1 atom stereocenters. The fourth-order valence-electron chi connectivity index (χ4n) is 1.82. The summed E-state index contributed by atoms with van der Waals surface area (Å²) >= 11 is 3.36. The molecule has 2 rings (SSSR count). The number of benzene rings is 1. The SMILES string of the molecule is CC(Oc1ccc(Br)cc1)C(=O)NCCCc1ncc[nH]1. The summed E-state index contributed by atoms with van der Waals surface area (Å²) in [7, 11) is 0. The molecule has 2 N–H and O–H groups in total. The van der Waals surface area contributed by atoms with E-state index in [4.69, 9.17) is 4.74 Å². The largest absolute Gasteiger partial charge is 0.481 e. The van der Waals surface area contributed by atoms with Gasteiger partial charge in [-0.2, -0.15) is 0 Å². The van der Waals surface area contributed by atoms with Crippen molar-refractivity contribution in [1.29, 1.82) is 0 Å². The van der Waals surface area contributed by atoms with E-state index in [9.17, 15) is 4.79 Å². The van der Waals surface area contributed by atoms with Crippen LogP contribution in [-0.4, -0.2) is 28.5 Å². The maximum atomic E-state index is 11.9. The Labute approximate surface area is 132 Å². The van der Waals surface area contributed by atoms with Crippen LogP contribution in [-0.2, 0) is 11.2 Å². The molecule has 1 aromatic heterocycles. The van der Waals surface area contributed by atoms with E-state index < -0.39 is 6.10 Å². The molecule has 1 heterocycles. The first-order valence-electron chi connectivity index (χ1n) is 6.83. The molecular weight excluding hydrogens is 334 g/mol. The Kier molecular flexibility index (Phi) is 5.80. The number of H-pyrrole nitrogens is 1. The van der Waals surface area contributed by atoms with E-state index in [1.165, 1.54) is 0 Å². The molecule has 0 bridgehead atoms. The normalized spacial score (nSPS) is 11.9. The van der Waals surface area contributed by atoms with Crippen molar-refractivity contribution in [2.75, 3.05) is 6.54 Å². The number of hydrogen-bond donors (Lipinski definition) is 2. The van der Waals surface area contributed by atoms with Crippen LogP contribution in [0.25, 0.3) is 0 Å². The van der Waals surface area contributed by atoms with Crippen molar-refractivity contribution >= 4 is 21.8 Å². The zero-order chi connectivity index (χ0) is 15.1. The standard InChI is InChI=1S/C15H18BrN3O2/c1-11(21-13-6-4-12(16)5-7-13)15(20)19-8-2-3-14-17-9-10-18-14/h4-7,9-11H,2-3,8H2,1H3,(H,17,18)(H,19,20). The second-order valence-corrected chi connectivity index (χ2v) is 5.56. The van der Waals surface area contributed by atoms with E-state index in [2.05, 4.69) is 31.2 Å². The number of ether oxygens (including phenoxy) is 1. The van der Waals surface area contributed by atoms with Gasteiger partial charge in [-0.15, -0.1) is 0 Å². The lowest BCUT2D eigenvalue weighted by molar-refractivity contribution is -0.127. The van der Waals surface area contributed by atoms with Crippen LogP contribution in [0.3, 0.4) is 0 Å². The Morgan fingerprint density at radius 1 is 1.43 bits per heavy atom. The first-order chi connectivity index (χ1) is 10.1. The van der Waals surface area contributed by atoms with Crippen LogP contribution in [0.5, 0.6) is 5.75 Å². The van der Waals surface area contributed by atoms with Gasteiger partial charge in [0, 0.05) is 29.8 Å². The summed E-state index contributed by atoms with van der Waals surface area (Å²) in [4.78, 5) is 19.1. The van der Waals surface area contributed by atoms with E-state index in [-0.39, 0.29) is 5.91 Å². The molecule has 6 heteroatoms. The maximum absolute atomic E-state index is 11.9. The zero-order valence-electron chi connectivity index (χ0n) is 11.8. The molecule has 0 spiro atoms. The molecule has 5 nitrogen and oxygen atoms in total. The van der Waals surface area contributed by atoms with E-state index in [0.717, 1.165) is 23.1 Å². The zero-order valence-corrected chi connectivity index (χ0v) is 13.4. The van der Waals surface area contributed by atoms with Crippen molar-refractivity contribution in [2.24, 2.45) is 0 Å². The minimum Gasteiger partial charge on any atom is -0.481 e. The molecule has 2 aromatic rings. The third-order valence-electron chi connectivity index (χ3n) is 2.94. The van der Waals surface area contributed by atoms with Gasteiger partial charge in [0.1, 0.15) is 11.6 Å². The highest BCUT2D eigenvalue weighted by molar-refractivity contribution is 9.10. The quantitative estimate of drug-likeness (QED) is 0.753. The van der Waals surface area contributed by atoms with Gasteiger partial charge in [-0.3, -0.25) is 4.79 Å². The van der Waals surface area contributed by atoms with Gasteiger partial charge in [0.15, 0.2) is 6.10 Å². The summed E-state index contributed by atoms with van der Waals surface area (Å²) in [5.74, 6) is 1.50. The van der Waals surface area contributed by atoms with Gasteiger partial charge in [0.05, 0.1) is 0 Å². The maximum Gasteiger partial charge on any atom is 0.260 e. The van der Waals surface area contributed by atoms with Gasteiger partial charge in [-0.1, -0.05) is 15.9 Å². The van der Waals surface area contributed by atoms with Gasteiger partial charge in [-0.25, -0.2) is 4.98 Å². The van der Waals surface area contributed by atoms with Crippen molar-refractivity contribution in [3.05, 3.63) is 47.0 Å². The fourth-order valence-corrected chi connectivity index (χ4v) is 2.08. The van der Waals surface area contributed by atoms with Gasteiger partial charge < -0.3 is 15.0 Å². The third-order valence-corrected chi connectivity index (χ3v) is 3.47. The molecule has 0 aliphatic heterocycles. The van der Waals surface area contributed by atoms with Gasteiger partial charge >= 0.3 is 0 Å². The van der Waals surface area contributed by atoms with Crippen molar-refractivity contribution in [3.63, 3.8) is 0 Å². The van der Waals surface area contributed by atoms with E-state index >= 15 is 0 Å². The lowest BCUT2D eigenvalue weighted by atomic mass is 10.3. The molecule has 0 aliphatic carbocycles. The van der Waals surface area contributed by atoms with Gasteiger partial charge in [0.25, 0.3) is 5.91 Å². The summed E-state index contributed by atoms with van der Waals surface area (Å²) in [6.07, 6.45) is 4.65. The minimum atomic E-state index is -0.519. The predicted octanol–water partition coefficient (Wildman–Crippen LogP) is 2.69. The number of rotatable bonds is 7. The molecule has 112 valence electrons. The highest BCUT2D eigenvalue weighted by Gasteiger charge is 2.13. The molecular formula is C15H18BrN3O2. The number of carbonyl (C=O) groups is 1. The Morgan fingerprint density at radius 2 is 2.19 bits per heavy atom. The number of aromatic amines is 1. The lowest BCUT2D eigenvalue weighted by Crippen LogP contribution is -2.36. The van der Waals surface area contributed by atoms with E-state index in [0.29, 0.717) is 12.3 Å². The van der Waals surface area contributed by atoms with Crippen LogP contribution in [0.2, 0.25) is 0 Å². The number of nitrogens with zero attached hydrogens (tertiary/aromatic N) is 1. The summed E-state index contributed by atoms with van der Waals surface area (Å²) in [6, 6.07) is 7.40. The molecule has 0 radical (unpaired) electrons. The van der Waals surface area contributed by atoms with Crippen LogP contribution in [0, 0.1) is 0 Å². The van der Waals surface area contributed by atoms with Gasteiger partial charge in [0.2, 0.25) is 0 Å². The average molecular weight is 352 g/mol. The van der Waals surface area contributed by atoms with Crippen LogP contribution in [0.1, 0.15) is 19.2 Å². The Bertz CT molecular complexity index is 555. The second-order valence-electron chi connectivity index (χ2n) is 4.64. The van der Waals surface area contributed by atoms with E-state index in [1.54, 1.807) is 19.3 Å². The Morgan fingerprint density at radius 3 is 2.86 bits per heavy atom.